The van der Waals surface area contributed by atoms with Gasteiger partial charge in [-0.25, -0.2) is 9.18 Å². The Labute approximate surface area is 119 Å². The van der Waals surface area contributed by atoms with E-state index in [1.807, 2.05) is 0 Å². The Hall–Kier alpha value is -1.52. The molecule has 0 saturated carbocycles. The molecule has 0 heterocycles. The third-order valence-corrected chi connectivity index (χ3v) is 3.86. The molecule has 0 atom stereocenters. The smallest absolute Gasteiger partial charge is 0.336 e. The molecule has 2 aromatic rings. The van der Waals surface area contributed by atoms with E-state index in [0.717, 1.165) is 5.56 Å². The molecule has 0 spiro atoms. The van der Waals surface area contributed by atoms with Gasteiger partial charge in [0.05, 0.1) is 5.56 Å². The maximum absolute atomic E-state index is 12.8. The van der Waals surface area contributed by atoms with E-state index < -0.39 is 5.97 Å². The van der Waals surface area contributed by atoms with Gasteiger partial charge in [0, 0.05) is 15.7 Å². The topological polar surface area (TPSA) is 37.3 Å². The molecule has 0 aliphatic heterocycles. The van der Waals surface area contributed by atoms with E-state index >= 15 is 0 Å². The lowest BCUT2D eigenvalue weighted by atomic mass is 10.2. The van der Waals surface area contributed by atoms with Gasteiger partial charge in [-0.05, 0) is 35.9 Å². The van der Waals surface area contributed by atoms with E-state index in [4.69, 9.17) is 16.7 Å². The first kappa shape index (κ1) is 13.9. The summed E-state index contributed by atoms with van der Waals surface area (Å²) in [6, 6.07) is 10.9. The monoisotopic (exact) mass is 296 g/mol. The molecule has 0 fully saturated rings. The van der Waals surface area contributed by atoms with Crippen LogP contribution in [0.1, 0.15) is 15.9 Å². The van der Waals surface area contributed by atoms with Crippen LogP contribution < -0.4 is 0 Å². The van der Waals surface area contributed by atoms with Crippen LogP contribution in [-0.4, -0.2) is 11.1 Å². The Balaban J connectivity index is 2.15. The van der Waals surface area contributed by atoms with Gasteiger partial charge < -0.3 is 5.11 Å². The Morgan fingerprint density at radius 2 is 1.89 bits per heavy atom. The molecule has 0 aliphatic rings. The third-order valence-electron chi connectivity index (χ3n) is 2.48. The first-order valence-electron chi connectivity index (χ1n) is 5.46. The number of hydrogen-bond acceptors (Lipinski definition) is 2. The van der Waals surface area contributed by atoms with E-state index in [1.54, 1.807) is 24.3 Å². The molecule has 0 bridgehead atoms. The second-order valence-electron chi connectivity index (χ2n) is 3.86. The van der Waals surface area contributed by atoms with Gasteiger partial charge >= 0.3 is 5.97 Å². The number of thioether (sulfide) groups is 1. The molecular weight excluding hydrogens is 287 g/mol. The van der Waals surface area contributed by atoms with Crippen LogP contribution in [0.2, 0.25) is 5.02 Å². The predicted octanol–water partition coefficient (Wildman–Crippen LogP) is 4.47. The summed E-state index contributed by atoms with van der Waals surface area (Å²) in [7, 11) is 0. The number of carboxylic acid groups (broad SMARTS) is 1. The molecule has 2 aromatic carbocycles. The van der Waals surface area contributed by atoms with E-state index in [0.29, 0.717) is 15.7 Å². The molecule has 1 N–H and O–H groups in total. The van der Waals surface area contributed by atoms with E-state index in [-0.39, 0.29) is 11.4 Å². The number of aromatic carboxylic acids is 1. The zero-order valence-electron chi connectivity index (χ0n) is 9.77. The average Bonchev–Trinajstić information content (AvgIpc) is 2.39. The molecule has 19 heavy (non-hydrogen) atoms. The maximum Gasteiger partial charge on any atom is 0.336 e. The second kappa shape index (κ2) is 6.08. The van der Waals surface area contributed by atoms with Crippen LogP contribution in [0.4, 0.5) is 4.39 Å². The largest absolute Gasteiger partial charge is 0.478 e. The van der Waals surface area contributed by atoms with E-state index in [1.165, 1.54) is 30.0 Å². The first-order chi connectivity index (χ1) is 9.06. The lowest BCUT2D eigenvalue weighted by molar-refractivity contribution is 0.0693. The van der Waals surface area contributed by atoms with Gasteiger partial charge in [-0.15, -0.1) is 11.8 Å². The highest BCUT2D eigenvalue weighted by Gasteiger charge is 2.11. The number of halogens is 2. The number of hydrogen-bond donors (Lipinski definition) is 1. The average molecular weight is 297 g/mol. The SMILES string of the molecule is O=C(O)c1cc(Cl)ccc1SCc1ccc(F)cc1. The summed E-state index contributed by atoms with van der Waals surface area (Å²) in [6.45, 7) is 0. The van der Waals surface area contributed by atoms with Crippen molar-refractivity contribution in [3.05, 3.63) is 64.4 Å². The molecule has 5 heteroatoms. The van der Waals surface area contributed by atoms with Crippen molar-refractivity contribution in [2.75, 3.05) is 0 Å². The van der Waals surface area contributed by atoms with Crippen molar-refractivity contribution in [3.63, 3.8) is 0 Å². The van der Waals surface area contributed by atoms with Crippen LogP contribution in [0.5, 0.6) is 0 Å². The highest BCUT2D eigenvalue weighted by Crippen LogP contribution is 2.28. The van der Waals surface area contributed by atoms with Crippen molar-refractivity contribution in [1.82, 2.24) is 0 Å². The van der Waals surface area contributed by atoms with Gasteiger partial charge in [-0.3, -0.25) is 0 Å². The summed E-state index contributed by atoms with van der Waals surface area (Å²) in [5.41, 5.74) is 1.11. The van der Waals surface area contributed by atoms with Crippen molar-refractivity contribution in [2.24, 2.45) is 0 Å². The molecule has 2 nitrogen and oxygen atoms in total. The number of carboxylic acids is 1. The van der Waals surface area contributed by atoms with Gasteiger partial charge in [0.15, 0.2) is 0 Å². The van der Waals surface area contributed by atoms with Crippen LogP contribution >= 0.6 is 23.4 Å². The fraction of sp³-hybridized carbons (Fsp3) is 0.0714. The van der Waals surface area contributed by atoms with Crippen molar-refractivity contribution in [3.8, 4) is 0 Å². The van der Waals surface area contributed by atoms with Gasteiger partial charge in [-0.2, -0.15) is 0 Å². The molecule has 98 valence electrons. The predicted molar refractivity (Wildman–Crippen MR) is 74.4 cm³/mol. The van der Waals surface area contributed by atoms with Crippen molar-refractivity contribution in [2.45, 2.75) is 10.6 Å². The van der Waals surface area contributed by atoms with Crippen LogP contribution in [0, 0.1) is 5.82 Å². The number of rotatable bonds is 4. The highest BCUT2D eigenvalue weighted by molar-refractivity contribution is 7.98. The summed E-state index contributed by atoms with van der Waals surface area (Å²) in [5.74, 6) is -0.724. The summed E-state index contributed by atoms with van der Waals surface area (Å²) in [6.07, 6.45) is 0. The minimum Gasteiger partial charge on any atom is -0.478 e. The summed E-state index contributed by atoms with van der Waals surface area (Å²) in [5, 5.41) is 9.49. The summed E-state index contributed by atoms with van der Waals surface area (Å²) in [4.78, 5) is 11.7. The van der Waals surface area contributed by atoms with Gasteiger partial charge in [0.2, 0.25) is 0 Å². The Kier molecular flexibility index (Phi) is 4.45. The molecule has 0 unspecified atom stereocenters. The summed E-state index contributed by atoms with van der Waals surface area (Å²) < 4.78 is 12.8. The minimum atomic E-state index is -1.01. The van der Waals surface area contributed by atoms with Crippen LogP contribution in [0.3, 0.4) is 0 Å². The summed E-state index contributed by atoms with van der Waals surface area (Å²) >= 11 is 7.16. The van der Waals surface area contributed by atoms with Crippen molar-refractivity contribution < 1.29 is 14.3 Å². The van der Waals surface area contributed by atoms with Crippen molar-refractivity contribution in [1.29, 1.82) is 0 Å². The molecule has 2 rings (SSSR count). The molecule has 0 radical (unpaired) electrons. The lowest BCUT2D eigenvalue weighted by Crippen LogP contribution is -1.98. The zero-order chi connectivity index (χ0) is 13.8. The first-order valence-corrected chi connectivity index (χ1v) is 6.83. The van der Waals surface area contributed by atoms with E-state index in [9.17, 15) is 9.18 Å². The molecule has 0 amide bonds. The number of benzene rings is 2. The third kappa shape index (κ3) is 3.72. The fourth-order valence-corrected chi connectivity index (χ4v) is 2.69. The Morgan fingerprint density at radius 3 is 2.53 bits per heavy atom. The zero-order valence-corrected chi connectivity index (χ0v) is 11.3. The standard InChI is InChI=1S/C14H10ClFO2S/c15-10-3-6-13(12(7-10)14(17)18)19-8-9-1-4-11(16)5-2-9/h1-7H,8H2,(H,17,18). The van der Waals surface area contributed by atoms with Gasteiger partial charge in [0.1, 0.15) is 5.82 Å². The number of carbonyl (C=O) groups is 1. The van der Waals surface area contributed by atoms with Gasteiger partial charge in [-0.1, -0.05) is 23.7 Å². The van der Waals surface area contributed by atoms with Crippen LogP contribution in [0.15, 0.2) is 47.4 Å². The Bertz CT molecular complexity index is 599. The maximum atomic E-state index is 12.8. The second-order valence-corrected chi connectivity index (χ2v) is 5.31. The molecule has 0 aromatic heterocycles. The van der Waals surface area contributed by atoms with Crippen LogP contribution in [0.25, 0.3) is 0 Å². The fourth-order valence-electron chi connectivity index (χ4n) is 1.54. The molecule has 0 saturated heterocycles. The van der Waals surface area contributed by atoms with E-state index in [2.05, 4.69) is 0 Å². The van der Waals surface area contributed by atoms with Gasteiger partial charge in [0.25, 0.3) is 0 Å². The normalized spacial score (nSPS) is 10.4. The minimum absolute atomic E-state index is 0.180. The van der Waals surface area contributed by atoms with Crippen LogP contribution in [-0.2, 0) is 5.75 Å². The lowest BCUT2D eigenvalue weighted by Gasteiger charge is -2.06. The highest BCUT2D eigenvalue weighted by atomic mass is 35.5. The Morgan fingerprint density at radius 1 is 1.21 bits per heavy atom. The quantitative estimate of drug-likeness (QED) is 0.846. The molecular formula is C14H10ClFO2S. The molecule has 0 aliphatic carbocycles. The van der Waals surface area contributed by atoms with Crippen molar-refractivity contribution >= 4 is 29.3 Å².